The Hall–Kier alpha value is -3.67. The maximum absolute atomic E-state index is 12.9. The second kappa shape index (κ2) is 70.8. The largest absolute Gasteiger partial charge is 0.462 e. The van der Waals surface area contributed by atoms with Crippen molar-refractivity contribution < 1.29 is 28.6 Å². The highest BCUT2D eigenvalue weighted by Gasteiger charge is 2.19. The fraction of sp³-hybridized carbons (Fsp3) is 0.753. The average Bonchev–Trinajstić information content (AvgIpc) is 3.48. The summed E-state index contributed by atoms with van der Waals surface area (Å²) in [6.07, 6.45) is 96.1. The standard InChI is InChI=1S/C77H134O6/c1-4-7-10-13-16-19-22-24-26-28-30-32-34-35-36-37-38-39-40-41-43-44-46-48-50-52-55-58-61-64-67-70-76(79)82-73-74(72-81-75(78)69-66-63-60-57-54-21-18-15-12-9-6-3)83-77(80)71-68-65-62-59-56-53-51-49-47-45-42-33-31-29-27-25-23-20-17-14-11-8-5-2/h8,11,15,17-18,20,25,27,31,33,45,47,51,53,59,62,74H,4-7,9-10,12-14,16,19,21-24,26,28-30,32,34-44,46,48-50,52,54-58,60-61,63-73H2,1-3H3/b11-8-,18-15-,20-17-,27-25-,33-31-,47-45-,53-51-,62-59-. The summed E-state index contributed by atoms with van der Waals surface area (Å²) >= 11 is 0. The van der Waals surface area contributed by atoms with Crippen LogP contribution in [0.25, 0.3) is 0 Å². The van der Waals surface area contributed by atoms with Gasteiger partial charge in [0.2, 0.25) is 0 Å². The van der Waals surface area contributed by atoms with Crippen molar-refractivity contribution in [2.75, 3.05) is 13.2 Å². The highest BCUT2D eigenvalue weighted by molar-refractivity contribution is 5.71. The molecule has 0 aliphatic carbocycles. The fourth-order valence-electron chi connectivity index (χ4n) is 10.2. The van der Waals surface area contributed by atoms with Gasteiger partial charge in [-0.1, -0.05) is 343 Å². The van der Waals surface area contributed by atoms with Gasteiger partial charge in [-0.25, -0.2) is 0 Å². The fourth-order valence-corrected chi connectivity index (χ4v) is 10.2. The van der Waals surface area contributed by atoms with E-state index in [0.717, 1.165) is 103 Å². The summed E-state index contributed by atoms with van der Waals surface area (Å²) in [5.41, 5.74) is 0. The number of hydrogen-bond acceptors (Lipinski definition) is 6. The van der Waals surface area contributed by atoms with Crippen LogP contribution in [0.3, 0.4) is 0 Å². The molecular formula is C77H134O6. The van der Waals surface area contributed by atoms with Crippen LogP contribution in [-0.4, -0.2) is 37.2 Å². The van der Waals surface area contributed by atoms with Crippen molar-refractivity contribution in [3.63, 3.8) is 0 Å². The molecule has 1 atom stereocenters. The van der Waals surface area contributed by atoms with Gasteiger partial charge in [0, 0.05) is 19.3 Å². The number of allylic oxidation sites excluding steroid dienone is 16. The number of unbranched alkanes of at least 4 members (excludes halogenated alkanes) is 38. The van der Waals surface area contributed by atoms with Gasteiger partial charge in [-0.15, -0.1) is 0 Å². The highest BCUT2D eigenvalue weighted by atomic mass is 16.6. The lowest BCUT2D eigenvalue weighted by Gasteiger charge is -2.18. The molecule has 0 aromatic carbocycles. The molecule has 0 amide bonds. The molecule has 0 aromatic rings. The first-order valence-corrected chi connectivity index (χ1v) is 35.7. The van der Waals surface area contributed by atoms with Gasteiger partial charge in [-0.3, -0.25) is 14.4 Å². The number of carbonyl (C=O) groups is 3. The zero-order valence-electron chi connectivity index (χ0n) is 54.9. The Kier molecular flexibility index (Phi) is 67.7. The molecule has 0 saturated carbocycles. The van der Waals surface area contributed by atoms with E-state index in [4.69, 9.17) is 14.2 Å². The molecular weight excluding hydrogens is 1020 g/mol. The lowest BCUT2D eigenvalue weighted by atomic mass is 10.0. The quantitative estimate of drug-likeness (QED) is 0.0261. The number of esters is 3. The van der Waals surface area contributed by atoms with E-state index < -0.39 is 6.10 Å². The molecule has 0 aliphatic rings. The van der Waals surface area contributed by atoms with Gasteiger partial charge in [-0.2, -0.15) is 0 Å². The number of rotatable bonds is 65. The summed E-state index contributed by atoms with van der Waals surface area (Å²) in [7, 11) is 0. The van der Waals surface area contributed by atoms with Crippen molar-refractivity contribution >= 4 is 17.9 Å². The molecule has 6 nitrogen and oxygen atoms in total. The molecule has 6 heteroatoms. The predicted molar refractivity (Wildman–Crippen MR) is 362 cm³/mol. The van der Waals surface area contributed by atoms with Crippen LogP contribution in [0.2, 0.25) is 0 Å². The van der Waals surface area contributed by atoms with Crippen LogP contribution < -0.4 is 0 Å². The maximum atomic E-state index is 12.9. The minimum atomic E-state index is -0.812. The van der Waals surface area contributed by atoms with Gasteiger partial charge in [0.25, 0.3) is 0 Å². The van der Waals surface area contributed by atoms with Gasteiger partial charge in [0.1, 0.15) is 13.2 Å². The summed E-state index contributed by atoms with van der Waals surface area (Å²) in [5, 5.41) is 0. The number of ether oxygens (including phenoxy) is 3. The van der Waals surface area contributed by atoms with Crippen LogP contribution in [0.15, 0.2) is 97.2 Å². The predicted octanol–water partition coefficient (Wildman–Crippen LogP) is 24.8. The van der Waals surface area contributed by atoms with E-state index in [9.17, 15) is 14.4 Å². The molecule has 0 rings (SSSR count). The van der Waals surface area contributed by atoms with Crippen LogP contribution >= 0.6 is 0 Å². The van der Waals surface area contributed by atoms with E-state index in [1.54, 1.807) is 0 Å². The van der Waals surface area contributed by atoms with E-state index in [2.05, 4.69) is 118 Å². The minimum absolute atomic E-state index is 0.101. The monoisotopic (exact) mass is 1160 g/mol. The van der Waals surface area contributed by atoms with Crippen molar-refractivity contribution in [3.05, 3.63) is 97.2 Å². The lowest BCUT2D eigenvalue weighted by molar-refractivity contribution is -0.167. The van der Waals surface area contributed by atoms with Gasteiger partial charge in [0.05, 0.1) is 0 Å². The molecule has 0 heterocycles. The van der Waals surface area contributed by atoms with Crippen molar-refractivity contribution in [1.82, 2.24) is 0 Å². The second-order valence-electron chi connectivity index (χ2n) is 23.8. The third-order valence-corrected chi connectivity index (χ3v) is 15.6. The van der Waals surface area contributed by atoms with Gasteiger partial charge >= 0.3 is 17.9 Å². The molecule has 0 bridgehead atoms. The number of carbonyl (C=O) groups excluding carboxylic acids is 3. The number of hydrogen-bond donors (Lipinski definition) is 0. The average molecular weight is 1160 g/mol. The Balaban J connectivity index is 4.23. The minimum Gasteiger partial charge on any atom is -0.462 e. The first-order chi connectivity index (χ1) is 41.0. The molecule has 0 aromatic heterocycles. The molecule has 0 saturated heterocycles. The topological polar surface area (TPSA) is 78.9 Å². The van der Waals surface area contributed by atoms with Crippen molar-refractivity contribution in [3.8, 4) is 0 Å². The molecule has 0 spiro atoms. The Morgan fingerprint density at radius 2 is 0.494 bits per heavy atom. The zero-order valence-corrected chi connectivity index (χ0v) is 54.9. The van der Waals surface area contributed by atoms with E-state index >= 15 is 0 Å². The summed E-state index contributed by atoms with van der Waals surface area (Å²) in [4.78, 5) is 38.3. The van der Waals surface area contributed by atoms with E-state index in [1.165, 1.54) is 205 Å². The second-order valence-corrected chi connectivity index (χ2v) is 23.8. The summed E-state index contributed by atoms with van der Waals surface area (Å²) in [6, 6.07) is 0. The van der Waals surface area contributed by atoms with E-state index in [1.807, 2.05) is 0 Å². The Morgan fingerprint density at radius 1 is 0.253 bits per heavy atom. The summed E-state index contributed by atoms with van der Waals surface area (Å²) in [5.74, 6) is -0.959. The SMILES string of the molecule is CC/C=C\C/C=C\C/C=C\C/C=C\C/C=C\C/C=C\C/C=C\CCCC(=O)OC(COC(=O)CCCCCCC/C=C\CCCC)COC(=O)CCCCCCCCCCCCCCCCCCCCCCCCCCCCCCCCC. The van der Waals surface area contributed by atoms with Crippen LogP contribution in [0, 0.1) is 0 Å². The lowest BCUT2D eigenvalue weighted by Crippen LogP contribution is -2.30. The molecule has 0 aliphatic heterocycles. The van der Waals surface area contributed by atoms with E-state index in [0.29, 0.717) is 19.3 Å². The van der Waals surface area contributed by atoms with Crippen LogP contribution in [0.1, 0.15) is 355 Å². The van der Waals surface area contributed by atoms with E-state index in [-0.39, 0.29) is 37.5 Å². The maximum Gasteiger partial charge on any atom is 0.306 e. The smallest absolute Gasteiger partial charge is 0.306 e. The highest BCUT2D eigenvalue weighted by Crippen LogP contribution is 2.18. The Morgan fingerprint density at radius 3 is 0.819 bits per heavy atom. The summed E-state index contributed by atoms with van der Waals surface area (Å²) in [6.45, 7) is 6.48. The molecule has 0 N–H and O–H groups in total. The molecule has 0 fully saturated rings. The van der Waals surface area contributed by atoms with Gasteiger partial charge in [0.15, 0.2) is 6.10 Å². The normalized spacial score (nSPS) is 12.7. The van der Waals surface area contributed by atoms with Gasteiger partial charge < -0.3 is 14.2 Å². The molecule has 1 unspecified atom stereocenters. The first kappa shape index (κ1) is 79.3. The summed E-state index contributed by atoms with van der Waals surface area (Å²) < 4.78 is 16.9. The molecule has 0 radical (unpaired) electrons. The first-order valence-electron chi connectivity index (χ1n) is 35.7. The van der Waals surface area contributed by atoms with Crippen molar-refractivity contribution in [1.29, 1.82) is 0 Å². The third-order valence-electron chi connectivity index (χ3n) is 15.6. The third kappa shape index (κ3) is 69.0. The molecule has 83 heavy (non-hydrogen) atoms. The Bertz CT molecular complexity index is 1610. The van der Waals surface area contributed by atoms with Crippen LogP contribution in [-0.2, 0) is 28.6 Å². The Labute approximate surface area is 515 Å². The zero-order chi connectivity index (χ0) is 59.9. The van der Waals surface area contributed by atoms with Crippen molar-refractivity contribution in [2.24, 2.45) is 0 Å². The van der Waals surface area contributed by atoms with Crippen molar-refractivity contribution in [2.45, 2.75) is 361 Å². The molecule has 478 valence electrons. The van der Waals surface area contributed by atoms with Crippen LogP contribution in [0.5, 0.6) is 0 Å². The van der Waals surface area contributed by atoms with Crippen LogP contribution in [0.4, 0.5) is 0 Å². The van der Waals surface area contributed by atoms with Gasteiger partial charge in [-0.05, 0) is 89.9 Å².